The van der Waals surface area contributed by atoms with Crippen LogP contribution in [0.4, 0.5) is 0 Å². The predicted octanol–water partition coefficient (Wildman–Crippen LogP) is 4.04. The Balaban J connectivity index is 1.88. The van der Waals surface area contributed by atoms with Gasteiger partial charge in [0.05, 0.1) is 0 Å². The van der Waals surface area contributed by atoms with Crippen molar-refractivity contribution in [3.63, 3.8) is 0 Å². The van der Waals surface area contributed by atoms with Crippen molar-refractivity contribution in [2.75, 3.05) is 6.54 Å². The highest BCUT2D eigenvalue weighted by Gasteiger charge is 2.34. The highest BCUT2D eigenvalue weighted by Crippen LogP contribution is 2.35. The lowest BCUT2D eigenvalue weighted by atomic mass is 9.77. The van der Waals surface area contributed by atoms with Crippen molar-refractivity contribution in [1.82, 2.24) is 10.4 Å². The van der Waals surface area contributed by atoms with E-state index in [4.69, 9.17) is 5.21 Å². The van der Waals surface area contributed by atoms with Crippen LogP contribution in [0.15, 0.2) is 42.5 Å². The second-order valence-corrected chi connectivity index (χ2v) is 9.19. The molecule has 3 rings (SSSR count). The third kappa shape index (κ3) is 3.80. The SMILES string of the molecule is CC(C)(C)c1ccc(C(=O)N2Cc3ccc(C(=O)NO)cc3C(C)(C)C2)cc1. The molecule has 0 aromatic heterocycles. The van der Waals surface area contributed by atoms with E-state index in [1.807, 2.05) is 35.2 Å². The van der Waals surface area contributed by atoms with E-state index < -0.39 is 5.91 Å². The Morgan fingerprint density at radius 3 is 2.21 bits per heavy atom. The third-order valence-electron chi connectivity index (χ3n) is 5.44. The first-order chi connectivity index (χ1) is 13.0. The van der Waals surface area contributed by atoms with Crippen LogP contribution in [-0.2, 0) is 17.4 Å². The summed E-state index contributed by atoms with van der Waals surface area (Å²) in [6.45, 7) is 11.6. The zero-order valence-electron chi connectivity index (χ0n) is 17.2. The number of benzene rings is 2. The van der Waals surface area contributed by atoms with E-state index >= 15 is 0 Å². The second-order valence-electron chi connectivity index (χ2n) is 9.19. The fraction of sp³-hybridized carbons (Fsp3) is 0.391. The summed E-state index contributed by atoms with van der Waals surface area (Å²) in [5.41, 5.74) is 5.76. The molecule has 28 heavy (non-hydrogen) atoms. The van der Waals surface area contributed by atoms with Gasteiger partial charge in [0.15, 0.2) is 0 Å². The van der Waals surface area contributed by atoms with Crippen LogP contribution in [0.3, 0.4) is 0 Å². The van der Waals surface area contributed by atoms with Gasteiger partial charge in [0, 0.05) is 29.6 Å². The number of fused-ring (bicyclic) bond motifs is 1. The van der Waals surface area contributed by atoms with E-state index in [0.29, 0.717) is 24.2 Å². The first-order valence-corrected chi connectivity index (χ1v) is 9.50. The van der Waals surface area contributed by atoms with Crippen LogP contribution in [0.25, 0.3) is 0 Å². The fourth-order valence-electron chi connectivity index (χ4n) is 3.81. The van der Waals surface area contributed by atoms with Crippen molar-refractivity contribution in [1.29, 1.82) is 0 Å². The van der Waals surface area contributed by atoms with Crippen molar-refractivity contribution in [3.05, 3.63) is 70.3 Å². The summed E-state index contributed by atoms with van der Waals surface area (Å²) in [7, 11) is 0. The van der Waals surface area contributed by atoms with Gasteiger partial charge in [0.1, 0.15) is 0 Å². The third-order valence-corrected chi connectivity index (χ3v) is 5.44. The van der Waals surface area contributed by atoms with E-state index in [1.165, 1.54) is 5.56 Å². The molecule has 0 saturated carbocycles. The molecule has 0 saturated heterocycles. The maximum absolute atomic E-state index is 13.1. The minimum Gasteiger partial charge on any atom is -0.333 e. The van der Waals surface area contributed by atoms with Crippen LogP contribution in [-0.4, -0.2) is 28.5 Å². The number of hydroxylamine groups is 1. The van der Waals surface area contributed by atoms with Crippen LogP contribution in [0, 0.1) is 0 Å². The molecule has 0 spiro atoms. The standard InChI is InChI=1S/C23H28N2O3/c1-22(2,3)18-10-8-15(9-11-18)21(27)25-13-17-7-6-16(20(26)24-28)12-19(17)23(4,5)14-25/h6-12,28H,13-14H2,1-5H3,(H,24,26). The van der Waals surface area contributed by atoms with Crippen molar-refractivity contribution in [2.24, 2.45) is 0 Å². The van der Waals surface area contributed by atoms with E-state index in [-0.39, 0.29) is 16.7 Å². The van der Waals surface area contributed by atoms with Gasteiger partial charge < -0.3 is 4.90 Å². The molecule has 1 aliphatic heterocycles. The van der Waals surface area contributed by atoms with Crippen molar-refractivity contribution < 1.29 is 14.8 Å². The number of hydrogen-bond acceptors (Lipinski definition) is 3. The normalized spacial score (nSPS) is 15.7. The molecule has 0 fully saturated rings. The van der Waals surface area contributed by atoms with Crippen LogP contribution < -0.4 is 5.48 Å². The summed E-state index contributed by atoms with van der Waals surface area (Å²) in [4.78, 5) is 26.7. The molecule has 1 aliphatic rings. The van der Waals surface area contributed by atoms with Crippen LogP contribution in [0.1, 0.15) is 72.0 Å². The Labute approximate surface area is 166 Å². The van der Waals surface area contributed by atoms with Crippen molar-refractivity contribution in [2.45, 2.75) is 52.0 Å². The Morgan fingerprint density at radius 2 is 1.64 bits per heavy atom. The Hall–Kier alpha value is -2.66. The Morgan fingerprint density at radius 1 is 1.04 bits per heavy atom. The lowest BCUT2D eigenvalue weighted by Gasteiger charge is -2.40. The minimum absolute atomic E-state index is 0.0105. The molecule has 148 valence electrons. The van der Waals surface area contributed by atoms with E-state index in [0.717, 1.165) is 11.1 Å². The zero-order valence-corrected chi connectivity index (χ0v) is 17.2. The van der Waals surface area contributed by atoms with Gasteiger partial charge in [-0.1, -0.05) is 52.8 Å². The molecule has 0 aliphatic carbocycles. The van der Waals surface area contributed by atoms with Gasteiger partial charge >= 0.3 is 0 Å². The zero-order chi connectivity index (χ0) is 20.7. The molecular weight excluding hydrogens is 352 g/mol. The quantitative estimate of drug-likeness (QED) is 0.610. The smallest absolute Gasteiger partial charge is 0.274 e. The molecule has 0 unspecified atom stereocenters. The molecule has 0 radical (unpaired) electrons. The minimum atomic E-state index is -0.531. The van der Waals surface area contributed by atoms with Gasteiger partial charge in [-0.15, -0.1) is 0 Å². The van der Waals surface area contributed by atoms with Crippen LogP contribution in [0.5, 0.6) is 0 Å². The molecule has 2 aromatic carbocycles. The number of rotatable bonds is 2. The van der Waals surface area contributed by atoms with Crippen LogP contribution in [0.2, 0.25) is 0 Å². The van der Waals surface area contributed by atoms with Crippen molar-refractivity contribution >= 4 is 11.8 Å². The Kier molecular flexibility index (Phi) is 5.06. The summed E-state index contributed by atoms with van der Waals surface area (Å²) < 4.78 is 0. The highest BCUT2D eigenvalue weighted by atomic mass is 16.5. The van der Waals surface area contributed by atoms with Gasteiger partial charge in [-0.3, -0.25) is 14.8 Å². The van der Waals surface area contributed by atoms with Gasteiger partial charge in [-0.25, -0.2) is 5.48 Å². The topological polar surface area (TPSA) is 69.6 Å². The Bertz CT molecular complexity index is 908. The van der Waals surface area contributed by atoms with E-state index in [2.05, 4.69) is 34.6 Å². The summed E-state index contributed by atoms with van der Waals surface area (Å²) in [6, 6.07) is 13.2. The summed E-state index contributed by atoms with van der Waals surface area (Å²) in [6.07, 6.45) is 0. The van der Waals surface area contributed by atoms with Gasteiger partial charge in [-0.2, -0.15) is 0 Å². The number of amides is 2. The molecule has 5 nitrogen and oxygen atoms in total. The van der Waals surface area contributed by atoms with Gasteiger partial charge in [-0.05, 0) is 46.4 Å². The van der Waals surface area contributed by atoms with E-state index in [1.54, 1.807) is 17.6 Å². The molecule has 2 aromatic rings. The molecular formula is C23H28N2O3. The summed E-state index contributed by atoms with van der Waals surface area (Å²) >= 11 is 0. The largest absolute Gasteiger partial charge is 0.333 e. The maximum atomic E-state index is 13.1. The molecule has 5 heteroatoms. The van der Waals surface area contributed by atoms with E-state index in [9.17, 15) is 9.59 Å². The molecule has 2 amide bonds. The molecule has 0 atom stereocenters. The average Bonchev–Trinajstić information content (AvgIpc) is 2.65. The molecule has 2 N–H and O–H groups in total. The summed E-state index contributed by atoms with van der Waals surface area (Å²) in [5.74, 6) is -0.521. The predicted molar refractivity (Wildman–Crippen MR) is 109 cm³/mol. The number of carbonyl (C=O) groups excluding carboxylic acids is 2. The maximum Gasteiger partial charge on any atom is 0.274 e. The van der Waals surface area contributed by atoms with Gasteiger partial charge in [0.25, 0.3) is 11.8 Å². The lowest BCUT2D eigenvalue weighted by molar-refractivity contribution is 0.0680. The number of nitrogens with one attached hydrogen (secondary N) is 1. The lowest BCUT2D eigenvalue weighted by Crippen LogP contribution is -2.45. The van der Waals surface area contributed by atoms with Gasteiger partial charge in [0.2, 0.25) is 0 Å². The molecule has 0 bridgehead atoms. The second kappa shape index (κ2) is 7.06. The molecule has 1 heterocycles. The first kappa shape index (κ1) is 20.1. The fourth-order valence-corrected chi connectivity index (χ4v) is 3.81. The van der Waals surface area contributed by atoms with Crippen LogP contribution >= 0.6 is 0 Å². The number of hydrogen-bond donors (Lipinski definition) is 2. The van der Waals surface area contributed by atoms with Crippen molar-refractivity contribution in [3.8, 4) is 0 Å². The monoisotopic (exact) mass is 380 g/mol. The average molecular weight is 380 g/mol. The number of nitrogens with zero attached hydrogens (tertiary/aromatic N) is 1. The summed E-state index contributed by atoms with van der Waals surface area (Å²) in [5, 5.41) is 8.88. The first-order valence-electron chi connectivity index (χ1n) is 9.50. The number of carbonyl (C=O) groups is 2. The highest BCUT2D eigenvalue weighted by molar-refractivity contribution is 5.95.